The Morgan fingerprint density at radius 3 is 2.89 bits per heavy atom. The van der Waals surface area contributed by atoms with E-state index >= 15 is 0 Å². The Balaban J connectivity index is 1.46. The molecule has 2 N–H and O–H groups in total. The molecule has 144 valence electrons. The van der Waals surface area contributed by atoms with Crippen LogP contribution in [0.1, 0.15) is 13.3 Å². The van der Waals surface area contributed by atoms with Crippen molar-refractivity contribution in [2.75, 3.05) is 31.6 Å². The van der Waals surface area contributed by atoms with E-state index in [0.717, 1.165) is 25.5 Å². The average Bonchev–Trinajstić information content (AvgIpc) is 3.14. The standard InChI is InChI=1S/C20H26FN5S/c1-15(27-17-7-4-3-5-8-17)13-24-20(22-2)25-16-10-12-26(14-16)19-18(21)9-6-11-23-19/h3-9,11,15-16H,10,12-14H2,1-2H3,(H2,22,24,25). The van der Waals surface area contributed by atoms with E-state index in [2.05, 4.69) is 51.8 Å². The van der Waals surface area contributed by atoms with Gasteiger partial charge >= 0.3 is 0 Å². The Bertz CT molecular complexity index is 755. The predicted octanol–water partition coefficient (Wildman–Crippen LogP) is 3.15. The van der Waals surface area contributed by atoms with Crippen molar-refractivity contribution in [1.82, 2.24) is 15.6 Å². The molecule has 0 amide bonds. The van der Waals surface area contributed by atoms with E-state index in [9.17, 15) is 4.39 Å². The minimum atomic E-state index is -0.271. The molecular formula is C20H26FN5S. The SMILES string of the molecule is CN=C(NCC(C)Sc1ccccc1)NC1CCN(c2ncccc2F)C1. The number of anilines is 1. The number of nitrogens with zero attached hydrogens (tertiary/aromatic N) is 3. The molecule has 3 rings (SSSR count). The number of thioether (sulfide) groups is 1. The van der Waals surface area contributed by atoms with Gasteiger partial charge in [0.2, 0.25) is 0 Å². The zero-order chi connectivity index (χ0) is 19.1. The van der Waals surface area contributed by atoms with Crippen LogP contribution in [0.5, 0.6) is 0 Å². The van der Waals surface area contributed by atoms with Gasteiger partial charge in [0.15, 0.2) is 17.6 Å². The lowest BCUT2D eigenvalue weighted by Gasteiger charge is -2.21. The van der Waals surface area contributed by atoms with Gasteiger partial charge in [0.05, 0.1) is 0 Å². The number of guanidine groups is 1. The minimum absolute atomic E-state index is 0.217. The van der Waals surface area contributed by atoms with Gasteiger partial charge < -0.3 is 15.5 Å². The Hall–Kier alpha value is -2.28. The van der Waals surface area contributed by atoms with Crippen molar-refractivity contribution in [2.45, 2.75) is 29.5 Å². The van der Waals surface area contributed by atoms with E-state index in [1.165, 1.54) is 11.0 Å². The summed E-state index contributed by atoms with van der Waals surface area (Å²) in [6, 6.07) is 13.7. The van der Waals surface area contributed by atoms with Crippen LogP contribution in [0.25, 0.3) is 0 Å². The highest BCUT2D eigenvalue weighted by Gasteiger charge is 2.26. The second kappa shape index (κ2) is 9.60. The van der Waals surface area contributed by atoms with Crippen LogP contribution in [-0.2, 0) is 0 Å². The van der Waals surface area contributed by atoms with Crippen LogP contribution in [0.2, 0.25) is 0 Å². The molecule has 27 heavy (non-hydrogen) atoms. The molecule has 1 aromatic heterocycles. The zero-order valence-electron chi connectivity index (χ0n) is 15.7. The molecule has 0 saturated carbocycles. The first-order valence-electron chi connectivity index (χ1n) is 9.20. The molecular weight excluding hydrogens is 361 g/mol. The van der Waals surface area contributed by atoms with Crippen molar-refractivity contribution < 1.29 is 4.39 Å². The predicted molar refractivity (Wildman–Crippen MR) is 111 cm³/mol. The summed E-state index contributed by atoms with van der Waals surface area (Å²) in [5, 5.41) is 7.24. The molecule has 5 nitrogen and oxygen atoms in total. The second-order valence-electron chi connectivity index (χ2n) is 6.58. The molecule has 2 atom stereocenters. The van der Waals surface area contributed by atoms with Crippen molar-refractivity contribution in [3.05, 3.63) is 54.5 Å². The molecule has 1 aliphatic rings. The van der Waals surface area contributed by atoms with Gasteiger partial charge in [-0.1, -0.05) is 25.1 Å². The molecule has 0 radical (unpaired) electrons. The summed E-state index contributed by atoms with van der Waals surface area (Å²) in [6.07, 6.45) is 2.55. The molecule has 0 bridgehead atoms. The van der Waals surface area contributed by atoms with Crippen molar-refractivity contribution in [3.63, 3.8) is 0 Å². The van der Waals surface area contributed by atoms with E-state index in [0.29, 0.717) is 17.6 Å². The first kappa shape index (κ1) is 19.5. The molecule has 2 aromatic rings. The lowest BCUT2D eigenvalue weighted by Crippen LogP contribution is -2.46. The van der Waals surface area contributed by atoms with Gasteiger partial charge in [-0.15, -0.1) is 11.8 Å². The largest absolute Gasteiger partial charge is 0.355 e. The molecule has 7 heteroatoms. The fourth-order valence-corrected chi connectivity index (χ4v) is 4.03. The van der Waals surface area contributed by atoms with Crippen molar-refractivity contribution in [3.8, 4) is 0 Å². The highest BCUT2D eigenvalue weighted by Crippen LogP contribution is 2.22. The van der Waals surface area contributed by atoms with Crippen LogP contribution in [0.3, 0.4) is 0 Å². The maximum Gasteiger partial charge on any atom is 0.191 e. The van der Waals surface area contributed by atoms with E-state index in [1.54, 1.807) is 19.3 Å². The molecule has 1 aromatic carbocycles. The van der Waals surface area contributed by atoms with Gasteiger partial charge in [0.25, 0.3) is 0 Å². The Labute approximate surface area is 164 Å². The monoisotopic (exact) mass is 387 g/mol. The molecule has 2 heterocycles. The average molecular weight is 388 g/mol. The molecule has 1 saturated heterocycles. The Morgan fingerprint density at radius 1 is 1.33 bits per heavy atom. The Kier molecular flexibility index (Phi) is 6.92. The van der Waals surface area contributed by atoms with E-state index < -0.39 is 0 Å². The third-order valence-corrected chi connectivity index (χ3v) is 5.54. The lowest BCUT2D eigenvalue weighted by molar-refractivity contribution is 0.612. The quantitative estimate of drug-likeness (QED) is 0.453. The van der Waals surface area contributed by atoms with Gasteiger partial charge in [0, 0.05) is 49.1 Å². The maximum absolute atomic E-state index is 13.9. The highest BCUT2D eigenvalue weighted by molar-refractivity contribution is 8.00. The number of rotatable bonds is 6. The van der Waals surface area contributed by atoms with Crippen LogP contribution in [0.15, 0.2) is 58.5 Å². The van der Waals surface area contributed by atoms with Crippen LogP contribution >= 0.6 is 11.8 Å². The van der Waals surface area contributed by atoms with Crippen LogP contribution in [0.4, 0.5) is 10.2 Å². The normalized spacial score (nSPS) is 18.4. The smallest absolute Gasteiger partial charge is 0.191 e. The second-order valence-corrected chi connectivity index (χ2v) is 8.09. The fraction of sp³-hybridized carbons (Fsp3) is 0.400. The number of benzene rings is 1. The summed E-state index contributed by atoms with van der Waals surface area (Å²) < 4.78 is 13.9. The number of pyridine rings is 1. The third-order valence-electron chi connectivity index (χ3n) is 4.43. The van der Waals surface area contributed by atoms with Crippen molar-refractivity contribution in [1.29, 1.82) is 0 Å². The summed E-state index contributed by atoms with van der Waals surface area (Å²) in [5.41, 5.74) is 0. The van der Waals surface area contributed by atoms with Gasteiger partial charge in [-0.05, 0) is 30.7 Å². The van der Waals surface area contributed by atoms with E-state index in [1.807, 2.05) is 22.7 Å². The maximum atomic E-state index is 13.9. The molecule has 2 unspecified atom stereocenters. The van der Waals surface area contributed by atoms with Crippen LogP contribution < -0.4 is 15.5 Å². The number of halogens is 1. The first-order chi connectivity index (χ1) is 13.2. The summed E-state index contributed by atoms with van der Waals surface area (Å²) in [4.78, 5) is 11.7. The summed E-state index contributed by atoms with van der Waals surface area (Å²) in [5.74, 6) is 0.939. The highest BCUT2D eigenvalue weighted by atomic mass is 32.2. The first-order valence-corrected chi connectivity index (χ1v) is 10.1. The molecule has 0 aliphatic carbocycles. The van der Waals surface area contributed by atoms with E-state index in [4.69, 9.17) is 0 Å². The number of aromatic nitrogens is 1. The molecule has 1 aliphatic heterocycles. The fourth-order valence-electron chi connectivity index (χ4n) is 3.08. The summed E-state index contributed by atoms with van der Waals surface area (Å²) in [6.45, 7) is 4.50. The topological polar surface area (TPSA) is 52.6 Å². The van der Waals surface area contributed by atoms with Gasteiger partial charge in [-0.2, -0.15) is 0 Å². The minimum Gasteiger partial charge on any atom is -0.355 e. The molecule has 1 fully saturated rings. The van der Waals surface area contributed by atoms with E-state index in [-0.39, 0.29) is 11.9 Å². The number of hydrogen-bond acceptors (Lipinski definition) is 4. The Morgan fingerprint density at radius 2 is 2.15 bits per heavy atom. The van der Waals surface area contributed by atoms with Gasteiger partial charge in [-0.3, -0.25) is 4.99 Å². The van der Waals surface area contributed by atoms with Crippen molar-refractivity contribution >= 4 is 23.5 Å². The van der Waals surface area contributed by atoms with Gasteiger partial charge in [0.1, 0.15) is 0 Å². The number of hydrogen-bond donors (Lipinski definition) is 2. The van der Waals surface area contributed by atoms with Crippen LogP contribution in [0, 0.1) is 5.82 Å². The summed E-state index contributed by atoms with van der Waals surface area (Å²) in [7, 11) is 1.77. The number of nitrogens with one attached hydrogen (secondary N) is 2. The zero-order valence-corrected chi connectivity index (χ0v) is 16.5. The number of aliphatic imine (C=N–C) groups is 1. The lowest BCUT2D eigenvalue weighted by atomic mass is 10.3. The van der Waals surface area contributed by atoms with Crippen LogP contribution in [-0.4, -0.2) is 48.9 Å². The summed E-state index contributed by atoms with van der Waals surface area (Å²) >= 11 is 1.83. The third kappa shape index (κ3) is 5.60. The van der Waals surface area contributed by atoms with Crippen molar-refractivity contribution in [2.24, 2.45) is 4.99 Å². The molecule has 0 spiro atoms. The van der Waals surface area contributed by atoms with Gasteiger partial charge in [-0.25, -0.2) is 9.37 Å².